The van der Waals surface area contributed by atoms with Crippen LogP contribution in [0.15, 0.2) is 83.8 Å². The first-order valence-electron chi connectivity index (χ1n) is 15.9. The lowest BCUT2D eigenvalue weighted by Gasteiger charge is -2.15. The van der Waals surface area contributed by atoms with Crippen molar-refractivity contribution in [2.45, 2.75) is 65.7 Å². The summed E-state index contributed by atoms with van der Waals surface area (Å²) < 4.78 is 8.20. The second kappa shape index (κ2) is 12.7. The third-order valence-electron chi connectivity index (χ3n) is 8.31. The van der Waals surface area contributed by atoms with E-state index in [9.17, 15) is 9.59 Å². The number of benzene rings is 3. The molecule has 0 spiro atoms. The first-order valence-corrected chi connectivity index (χ1v) is 15.9. The maximum atomic E-state index is 13.5. The van der Waals surface area contributed by atoms with E-state index < -0.39 is 6.03 Å². The number of carbonyl (C=O) groups excluding carboxylic acids is 1. The normalized spacial score (nSPS) is 11.7. The molecule has 3 aromatic carbocycles. The molecule has 0 unspecified atom stereocenters. The minimum atomic E-state index is -0.403. The Morgan fingerprint density at radius 1 is 0.936 bits per heavy atom. The molecule has 0 bridgehead atoms. The predicted octanol–water partition coefficient (Wildman–Crippen LogP) is 8.60. The number of rotatable bonds is 8. The zero-order valence-electron chi connectivity index (χ0n) is 27.5. The van der Waals surface area contributed by atoms with Crippen LogP contribution >= 0.6 is 0 Å². The van der Waals surface area contributed by atoms with Gasteiger partial charge in [0.05, 0.1) is 17.1 Å². The largest absolute Gasteiger partial charge is 0.454 e. The van der Waals surface area contributed by atoms with Gasteiger partial charge in [0.2, 0.25) is 0 Å². The fourth-order valence-corrected chi connectivity index (χ4v) is 5.59. The van der Waals surface area contributed by atoms with E-state index in [0.29, 0.717) is 39.9 Å². The second-order valence-corrected chi connectivity index (χ2v) is 12.7. The molecule has 47 heavy (non-hydrogen) atoms. The Balaban J connectivity index is 1.31. The van der Waals surface area contributed by atoms with E-state index in [4.69, 9.17) is 14.8 Å². The van der Waals surface area contributed by atoms with Gasteiger partial charge in [0.25, 0.3) is 5.56 Å². The van der Waals surface area contributed by atoms with Crippen LogP contribution in [0.2, 0.25) is 0 Å². The van der Waals surface area contributed by atoms with Crippen molar-refractivity contribution in [2.24, 2.45) is 0 Å². The third kappa shape index (κ3) is 6.44. The van der Waals surface area contributed by atoms with Gasteiger partial charge in [-0.3, -0.25) is 10.1 Å². The standard InChI is InChI=1S/C37H39N7O3/c1-7-23(8-2)32-35(45)42-34-33(41-32)29(19-20-38-34)47-28-18-17-27(25-11-9-10-12-26(25)28)39-36(46)40-31-21-30(37(4,5)6)43-44(31)24-15-13-22(3)14-16-24/h9-21,23H,7-8H2,1-6H3,(H,38,42,45)(H2,39,40,46). The molecule has 6 aromatic rings. The third-order valence-corrected chi connectivity index (χ3v) is 8.31. The molecule has 0 aliphatic rings. The highest BCUT2D eigenvalue weighted by Crippen LogP contribution is 2.36. The van der Waals surface area contributed by atoms with Gasteiger partial charge >= 0.3 is 6.03 Å². The Kier molecular flexibility index (Phi) is 8.51. The average Bonchev–Trinajstić information content (AvgIpc) is 3.48. The molecule has 0 saturated carbocycles. The summed E-state index contributed by atoms with van der Waals surface area (Å²) >= 11 is 0. The van der Waals surface area contributed by atoms with Crippen LogP contribution in [-0.2, 0) is 5.41 Å². The lowest BCUT2D eigenvalue weighted by Crippen LogP contribution is -2.21. The summed E-state index contributed by atoms with van der Waals surface area (Å²) in [6.45, 7) is 12.4. The van der Waals surface area contributed by atoms with Crippen LogP contribution in [-0.4, -0.2) is 30.8 Å². The van der Waals surface area contributed by atoms with Gasteiger partial charge in [0, 0.05) is 40.4 Å². The number of ether oxygens (including phenoxy) is 1. The maximum absolute atomic E-state index is 13.5. The molecule has 0 saturated heterocycles. The van der Waals surface area contributed by atoms with Gasteiger partial charge in [0.1, 0.15) is 22.8 Å². The Hall–Kier alpha value is -5.51. The van der Waals surface area contributed by atoms with Gasteiger partial charge in [-0.15, -0.1) is 0 Å². The Bertz CT molecular complexity index is 2140. The molecular formula is C37H39N7O3. The van der Waals surface area contributed by atoms with Crippen molar-refractivity contribution in [3.05, 3.63) is 106 Å². The number of aromatic amines is 1. The number of hydrogen-bond donors (Lipinski definition) is 3. The van der Waals surface area contributed by atoms with Crippen LogP contribution in [0.5, 0.6) is 11.5 Å². The molecule has 0 atom stereocenters. The molecular weight excluding hydrogens is 590 g/mol. The first-order chi connectivity index (χ1) is 22.5. The summed E-state index contributed by atoms with van der Waals surface area (Å²) in [4.78, 5) is 38.2. The summed E-state index contributed by atoms with van der Waals surface area (Å²) in [6.07, 6.45) is 3.18. The van der Waals surface area contributed by atoms with Crippen LogP contribution in [0.25, 0.3) is 27.6 Å². The van der Waals surface area contributed by atoms with Crippen molar-refractivity contribution in [1.82, 2.24) is 24.7 Å². The van der Waals surface area contributed by atoms with E-state index in [1.165, 1.54) is 0 Å². The van der Waals surface area contributed by atoms with E-state index in [1.54, 1.807) is 16.9 Å². The lowest BCUT2D eigenvalue weighted by molar-refractivity contribution is 0.262. The molecule has 2 amide bonds. The van der Waals surface area contributed by atoms with Crippen molar-refractivity contribution in [3.63, 3.8) is 0 Å². The highest BCUT2D eigenvalue weighted by molar-refractivity contribution is 6.07. The predicted molar refractivity (Wildman–Crippen MR) is 187 cm³/mol. The van der Waals surface area contributed by atoms with Crippen LogP contribution in [0.4, 0.5) is 16.3 Å². The fraction of sp³-hybridized carbons (Fsp3) is 0.270. The van der Waals surface area contributed by atoms with E-state index in [0.717, 1.165) is 40.6 Å². The molecule has 6 rings (SSSR count). The quantitative estimate of drug-likeness (QED) is 0.155. The summed E-state index contributed by atoms with van der Waals surface area (Å²) in [5, 5.41) is 12.4. The Morgan fingerprint density at radius 3 is 2.36 bits per heavy atom. The second-order valence-electron chi connectivity index (χ2n) is 12.7. The number of nitrogens with zero attached hydrogens (tertiary/aromatic N) is 4. The van der Waals surface area contributed by atoms with Crippen molar-refractivity contribution < 1.29 is 9.53 Å². The van der Waals surface area contributed by atoms with Gasteiger partial charge < -0.3 is 15.0 Å². The average molecular weight is 630 g/mol. The van der Waals surface area contributed by atoms with Crippen LogP contribution in [0.1, 0.15) is 70.3 Å². The number of hydrogen-bond acceptors (Lipinski definition) is 6. The number of urea groups is 1. The summed E-state index contributed by atoms with van der Waals surface area (Å²) in [7, 11) is 0. The number of nitrogens with one attached hydrogen (secondary N) is 3. The smallest absolute Gasteiger partial charge is 0.324 e. The van der Waals surface area contributed by atoms with E-state index in [-0.39, 0.29) is 16.9 Å². The zero-order chi connectivity index (χ0) is 33.3. The van der Waals surface area contributed by atoms with Gasteiger partial charge in [-0.25, -0.2) is 19.4 Å². The molecule has 0 radical (unpaired) electrons. The molecule has 0 fully saturated rings. The summed E-state index contributed by atoms with van der Waals surface area (Å²) in [5.41, 5.74) is 4.34. The molecule has 3 N–H and O–H groups in total. The number of aryl methyl sites for hydroxylation is 1. The number of H-pyrrole nitrogens is 1. The summed E-state index contributed by atoms with van der Waals surface area (Å²) in [5.74, 6) is 1.64. The highest BCUT2D eigenvalue weighted by Gasteiger charge is 2.22. The Morgan fingerprint density at radius 2 is 1.66 bits per heavy atom. The molecule has 0 aliphatic carbocycles. The number of pyridine rings is 1. The number of anilines is 2. The molecule has 10 heteroatoms. The van der Waals surface area contributed by atoms with Crippen LogP contribution < -0.4 is 20.9 Å². The SMILES string of the molecule is CCC(CC)c1nc2c(Oc3ccc(NC(=O)Nc4cc(C(C)(C)C)nn4-c4ccc(C)cc4)c4ccccc34)ccnc2[nH]c1=O. The van der Waals surface area contributed by atoms with Gasteiger partial charge in [-0.1, -0.05) is 76.6 Å². The molecule has 10 nitrogen and oxygen atoms in total. The van der Waals surface area contributed by atoms with Crippen LogP contribution in [0, 0.1) is 6.92 Å². The number of aromatic nitrogens is 5. The molecule has 240 valence electrons. The lowest BCUT2D eigenvalue weighted by atomic mass is 9.92. The number of fused-ring (bicyclic) bond motifs is 2. The molecule has 3 aromatic heterocycles. The zero-order valence-corrected chi connectivity index (χ0v) is 27.5. The molecule has 0 aliphatic heterocycles. The summed E-state index contributed by atoms with van der Waals surface area (Å²) in [6, 6.07) is 22.5. The minimum Gasteiger partial charge on any atom is -0.454 e. The maximum Gasteiger partial charge on any atom is 0.324 e. The first kappa shape index (κ1) is 31.5. The van der Waals surface area contributed by atoms with E-state index in [1.807, 2.05) is 87.5 Å². The van der Waals surface area contributed by atoms with Crippen molar-refractivity contribution in [3.8, 4) is 17.2 Å². The minimum absolute atomic E-state index is 0.0316. The highest BCUT2D eigenvalue weighted by atomic mass is 16.5. The topological polar surface area (TPSA) is 127 Å². The fourth-order valence-electron chi connectivity index (χ4n) is 5.59. The van der Waals surface area contributed by atoms with E-state index >= 15 is 0 Å². The number of amides is 2. The monoisotopic (exact) mass is 629 g/mol. The Labute approximate surface area is 273 Å². The van der Waals surface area contributed by atoms with Gasteiger partial charge in [-0.2, -0.15) is 5.10 Å². The van der Waals surface area contributed by atoms with E-state index in [2.05, 4.69) is 41.4 Å². The van der Waals surface area contributed by atoms with Gasteiger partial charge in [-0.05, 0) is 44.0 Å². The van der Waals surface area contributed by atoms with Crippen LogP contribution in [0.3, 0.4) is 0 Å². The van der Waals surface area contributed by atoms with Crippen molar-refractivity contribution >= 4 is 39.5 Å². The van der Waals surface area contributed by atoms with Crippen molar-refractivity contribution in [1.29, 1.82) is 0 Å². The van der Waals surface area contributed by atoms with Gasteiger partial charge in [0.15, 0.2) is 11.4 Å². The van der Waals surface area contributed by atoms with Crippen molar-refractivity contribution in [2.75, 3.05) is 10.6 Å². The number of carbonyl (C=O) groups is 1. The molecule has 3 heterocycles.